The third-order valence-electron chi connectivity index (χ3n) is 4.55. The first-order chi connectivity index (χ1) is 18.1. The smallest absolute Gasteiger partial charge is 0.410 e. The number of halogens is 1. The van der Waals surface area contributed by atoms with Crippen LogP contribution in [0.2, 0.25) is 5.15 Å². The molecule has 3 rings (SSSR count). The highest BCUT2D eigenvalue weighted by atomic mass is 35.5. The van der Waals surface area contributed by atoms with Crippen LogP contribution in [-0.2, 0) is 30.9 Å². The molecule has 14 heteroatoms. The standard InChI is InChI=1S/C21H23ClN4O4S.C4H4O4/c1-21(2,3)30-20(27)25(4)13-15-10-18(16-7-8-19(22)24-11-16)26(14-15)31(28,29)17-6-5-9-23-12-17;5-3(6)1-2-4(7)8/h5-12,14H,13H2,1-4H3;1-2H,(H,5,6)(H,7,8)/b;2-1+. The Balaban J connectivity index is 0.000000580. The Labute approximate surface area is 230 Å². The van der Waals surface area contributed by atoms with Gasteiger partial charge in [0.25, 0.3) is 10.0 Å². The molecule has 0 aliphatic rings. The Hall–Kier alpha value is -4.23. The molecule has 0 saturated carbocycles. The summed E-state index contributed by atoms with van der Waals surface area (Å²) >= 11 is 5.88. The zero-order valence-corrected chi connectivity index (χ0v) is 23.0. The summed E-state index contributed by atoms with van der Waals surface area (Å²) in [4.78, 5) is 40.8. The van der Waals surface area contributed by atoms with Crippen molar-refractivity contribution in [3.8, 4) is 11.3 Å². The lowest BCUT2D eigenvalue weighted by atomic mass is 10.2. The van der Waals surface area contributed by atoms with Crippen molar-refractivity contribution in [2.24, 2.45) is 0 Å². The number of ether oxygens (including phenoxy) is 1. The van der Waals surface area contributed by atoms with Crippen molar-refractivity contribution >= 4 is 39.7 Å². The number of carboxylic acid groups (broad SMARTS) is 2. The molecule has 0 atom stereocenters. The monoisotopic (exact) mass is 578 g/mol. The van der Waals surface area contributed by atoms with E-state index in [0.29, 0.717) is 34.1 Å². The Morgan fingerprint density at radius 2 is 1.74 bits per heavy atom. The van der Waals surface area contributed by atoms with Crippen molar-refractivity contribution < 1.29 is 37.8 Å². The maximum atomic E-state index is 13.3. The first-order valence-corrected chi connectivity index (χ1v) is 13.0. The maximum Gasteiger partial charge on any atom is 0.410 e. The number of hydrogen-bond acceptors (Lipinski definition) is 8. The SMILES string of the molecule is CN(Cc1cc(-c2ccc(Cl)nc2)n(S(=O)(=O)c2cccnc2)c1)C(=O)OC(C)(C)C.O=C(O)/C=C/C(=O)O. The van der Waals surface area contributed by atoms with Crippen LogP contribution >= 0.6 is 11.6 Å². The molecule has 3 aromatic rings. The normalized spacial score (nSPS) is 11.4. The Kier molecular flexibility index (Phi) is 10.3. The number of rotatable bonds is 7. The number of nitrogens with zero attached hydrogens (tertiary/aromatic N) is 4. The van der Waals surface area contributed by atoms with E-state index in [1.165, 1.54) is 35.8 Å². The number of carbonyl (C=O) groups is 3. The molecule has 208 valence electrons. The fraction of sp³-hybridized carbons (Fsp3) is 0.240. The molecule has 0 aliphatic carbocycles. The molecule has 0 bridgehead atoms. The van der Waals surface area contributed by atoms with Gasteiger partial charge < -0.3 is 19.8 Å². The summed E-state index contributed by atoms with van der Waals surface area (Å²) in [5.41, 5.74) is 0.913. The molecule has 0 saturated heterocycles. The summed E-state index contributed by atoms with van der Waals surface area (Å²) in [6.45, 7) is 5.49. The topological polar surface area (TPSA) is 169 Å². The first kappa shape index (κ1) is 31.0. The molecule has 12 nitrogen and oxygen atoms in total. The van der Waals surface area contributed by atoms with Gasteiger partial charge in [-0.15, -0.1) is 0 Å². The molecule has 3 heterocycles. The van der Waals surface area contributed by atoms with Crippen molar-refractivity contribution in [1.82, 2.24) is 18.8 Å². The van der Waals surface area contributed by atoms with E-state index in [-0.39, 0.29) is 11.4 Å². The number of carboxylic acids is 2. The Morgan fingerprint density at radius 1 is 1.10 bits per heavy atom. The largest absolute Gasteiger partial charge is 0.478 e. The minimum absolute atomic E-state index is 0.0424. The van der Waals surface area contributed by atoms with Gasteiger partial charge >= 0.3 is 18.0 Å². The van der Waals surface area contributed by atoms with Gasteiger partial charge in [0, 0.05) is 49.6 Å². The summed E-state index contributed by atoms with van der Waals surface area (Å²) in [6.07, 6.45) is 6.36. The summed E-state index contributed by atoms with van der Waals surface area (Å²) in [6, 6.07) is 7.98. The van der Waals surface area contributed by atoms with Crippen LogP contribution in [0.3, 0.4) is 0 Å². The molecule has 0 aliphatic heterocycles. The number of carbonyl (C=O) groups excluding carboxylic acids is 1. The van der Waals surface area contributed by atoms with E-state index in [2.05, 4.69) is 9.97 Å². The molecular formula is C25H27ClN4O8S. The van der Waals surface area contributed by atoms with E-state index >= 15 is 0 Å². The molecule has 0 aromatic carbocycles. The van der Waals surface area contributed by atoms with Gasteiger partial charge in [0.1, 0.15) is 15.6 Å². The fourth-order valence-corrected chi connectivity index (χ4v) is 4.43. The van der Waals surface area contributed by atoms with Gasteiger partial charge in [-0.2, -0.15) is 0 Å². The third-order valence-corrected chi connectivity index (χ3v) is 6.43. The second-order valence-electron chi connectivity index (χ2n) is 8.94. The Bertz CT molecular complexity index is 1430. The van der Waals surface area contributed by atoms with E-state index in [0.717, 1.165) is 3.97 Å². The minimum Gasteiger partial charge on any atom is -0.478 e. The molecular weight excluding hydrogens is 552 g/mol. The predicted octanol–water partition coefficient (Wildman–Crippen LogP) is 3.91. The maximum absolute atomic E-state index is 13.3. The molecule has 3 aromatic heterocycles. The van der Waals surface area contributed by atoms with Crippen LogP contribution in [-0.4, -0.2) is 68.2 Å². The Morgan fingerprint density at radius 3 is 2.23 bits per heavy atom. The van der Waals surface area contributed by atoms with Crippen LogP contribution in [0.25, 0.3) is 11.3 Å². The van der Waals surface area contributed by atoms with Gasteiger partial charge in [0.2, 0.25) is 0 Å². The summed E-state index contributed by atoms with van der Waals surface area (Å²) in [5, 5.41) is 15.9. The highest BCUT2D eigenvalue weighted by molar-refractivity contribution is 7.90. The summed E-state index contributed by atoms with van der Waals surface area (Å²) < 4.78 is 33.1. The average Bonchev–Trinajstić information content (AvgIpc) is 3.27. The van der Waals surface area contributed by atoms with Gasteiger partial charge in [-0.3, -0.25) is 4.98 Å². The third kappa shape index (κ3) is 9.54. The summed E-state index contributed by atoms with van der Waals surface area (Å²) in [7, 11) is -2.35. The van der Waals surface area contributed by atoms with Gasteiger partial charge in [0.05, 0.1) is 12.2 Å². The number of pyridine rings is 2. The van der Waals surface area contributed by atoms with Crippen molar-refractivity contribution in [2.45, 2.75) is 37.8 Å². The van der Waals surface area contributed by atoms with Crippen LogP contribution in [0.5, 0.6) is 0 Å². The average molecular weight is 579 g/mol. The van der Waals surface area contributed by atoms with Gasteiger partial charge in [-0.1, -0.05) is 11.6 Å². The summed E-state index contributed by atoms with van der Waals surface area (Å²) in [5.74, 6) is -2.51. The zero-order valence-electron chi connectivity index (χ0n) is 21.5. The number of aliphatic carboxylic acids is 2. The van der Waals surface area contributed by atoms with Crippen molar-refractivity contribution in [3.05, 3.63) is 78.0 Å². The van der Waals surface area contributed by atoms with E-state index < -0.39 is 33.7 Å². The highest BCUT2D eigenvalue weighted by Gasteiger charge is 2.24. The minimum atomic E-state index is -3.93. The van der Waals surface area contributed by atoms with Gasteiger partial charge in [-0.05, 0) is 56.7 Å². The molecule has 0 radical (unpaired) electrons. The molecule has 2 N–H and O–H groups in total. The fourth-order valence-electron chi connectivity index (χ4n) is 2.95. The van der Waals surface area contributed by atoms with E-state index in [1.807, 2.05) is 0 Å². The van der Waals surface area contributed by atoms with Crippen molar-refractivity contribution in [3.63, 3.8) is 0 Å². The lowest BCUT2D eigenvalue weighted by molar-refractivity contribution is -0.134. The molecule has 0 spiro atoms. The van der Waals surface area contributed by atoms with Gasteiger partial charge in [-0.25, -0.2) is 31.8 Å². The number of amides is 1. The highest BCUT2D eigenvalue weighted by Crippen LogP contribution is 2.28. The number of hydrogen-bond donors (Lipinski definition) is 2. The molecule has 39 heavy (non-hydrogen) atoms. The van der Waals surface area contributed by atoms with E-state index in [4.69, 9.17) is 26.6 Å². The molecule has 0 unspecified atom stereocenters. The molecule has 0 fully saturated rings. The lowest BCUT2D eigenvalue weighted by Crippen LogP contribution is -2.33. The number of aromatic nitrogens is 3. The molecule has 1 amide bonds. The second-order valence-corrected chi connectivity index (χ2v) is 11.1. The first-order valence-electron chi connectivity index (χ1n) is 11.2. The van der Waals surface area contributed by atoms with Crippen LogP contribution in [0.1, 0.15) is 26.3 Å². The van der Waals surface area contributed by atoms with Crippen LogP contribution in [0.15, 0.2) is 72.2 Å². The lowest BCUT2D eigenvalue weighted by Gasteiger charge is -2.24. The van der Waals surface area contributed by atoms with Crippen molar-refractivity contribution in [1.29, 1.82) is 0 Å². The predicted molar refractivity (Wildman–Crippen MR) is 142 cm³/mol. The second kappa shape index (κ2) is 13.0. The van der Waals surface area contributed by atoms with Crippen molar-refractivity contribution in [2.75, 3.05) is 7.05 Å². The van der Waals surface area contributed by atoms with Crippen LogP contribution in [0, 0.1) is 0 Å². The van der Waals surface area contributed by atoms with E-state index in [1.54, 1.807) is 52.1 Å². The van der Waals surface area contributed by atoms with E-state index in [9.17, 15) is 22.8 Å². The zero-order chi connectivity index (χ0) is 29.4. The van der Waals surface area contributed by atoms with Crippen LogP contribution in [0.4, 0.5) is 4.79 Å². The van der Waals surface area contributed by atoms with Crippen LogP contribution < -0.4 is 0 Å². The quantitative estimate of drug-likeness (QED) is 0.309. The van der Waals surface area contributed by atoms with Gasteiger partial charge in [0.15, 0.2) is 0 Å².